The number of hydrogen-bond acceptors (Lipinski definition) is 6. The molecule has 3 unspecified atom stereocenters. The molecule has 1 N–H and O–H groups in total. The SMILES string of the molecule is COc1cc2c3c(c1)Oc1cc(ccc1[O-])CC1c4c(cc(OC)c([O-])c4Oc4ccc(cc4)CC3[NH+](C)CC2)CC[N+]1(C)C. The maximum absolute atomic E-state index is 13.8. The molecule has 0 saturated carbocycles. The first kappa shape index (κ1) is 29.3. The van der Waals surface area contributed by atoms with E-state index in [4.69, 9.17) is 18.9 Å². The highest BCUT2D eigenvalue weighted by Gasteiger charge is 2.40. The van der Waals surface area contributed by atoms with Gasteiger partial charge in [-0.15, -0.1) is 0 Å². The summed E-state index contributed by atoms with van der Waals surface area (Å²) in [5.41, 5.74) is 6.34. The van der Waals surface area contributed by atoms with Crippen molar-refractivity contribution in [2.45, 2.75) is 37.8 Å². The molecule has 8 nitrogen and oxygen atoms in total. The van der Waals surface area contributed by atoms with Gasteiger partial charge in [-0.3, -0.25) is 0 Å². The van der Waals surface area contributed by atoms with E-state index in [0.717, 1.165) is 60.2 Å². The van der Waals surface area contributed by atoms with Gasteiger partial charge >= 0.3 is 0 Å². The Morgan fingerprint density at radius 3 is 2.31 bits per heavy atom. The second-order valence-corrected chi connectivity index (χ2v) is 13.2. The molecule has 0 amide bonds. The Morgan fingerprint density at radius 2 is 1.56 bits per heavy atom. The third kappa shape index (κ3) is 5.22. The Kier molecular flexibility index (Phi) is 7.29. The molecule has 0 aromatic heterocycles. The Bertz CT molecular complexity index is 1770. The minimum atomic E-state index is -0.256. The number of likely N-dealkylation sites (N-methyl/N-ethyl adjacent to an activating group) is 2. The molecule has 4 heterocycles. The van der Waals surface area contributed by atoms with Crippen molar-refractivity contribution in [1.82, 2.24) is 0 Å². The van der Waals surface area contributed by atoms with Gasteiger partial charge < -0.3 is 38.5 Å². The maximum atomic E-state index is 13.8. The first-order valence-electron chi connectivity index (χ1n) is 15.7. The van der Waals surface area contributed by atoms with Crippen LogP contribution in [0.1, 0.15) is 45.5 Å². The fourth-order valence-corrected chi connectivity index (χ4v) is 7.41. The lowest BCUT2D eigenvalue weighted by molar-refractivity contribution is -0.923. The van der Waals surface area contributed by atoms with Crippen molar-refractivity contribution < 1.29 is 38.5 Å². The van der Waals surface area contributed by atoms with Crippen molar-refractivity contribution in [3.05, 3.63) is 94.0 Å². The summed E-state index contributed by atoms with van der Waals surface area (Å²) >= 11 is 0. The predicted octanol–water partition coefficient (Wildman–Crippen LogP) is 4.02. The van der Waals surface area contributed by atoms with Crippen LogP contribution in [0.25, 0.3) is 0 Å². The van der Waals surface area contributed by atoms with Crippen molar-refractivity contribution in [2.24, 2.45) is 0 Å². The van der Waals surface area contributed by atoms with E-state index in [1.165, 1.54) is 17.6 Å². The van der Waals surface area contributed by atoms with Crippen LogP contribution in [0.2, 0.25) is 0 Å². The van der Waals surface area contributed by atoms with E-state index in [1.807, 2.05) is 36.4 Å². The van der Waals surface area contributed by atoms with E-state index in [0.29, 0.717) is 33.9 Å². The van der Waals surface area contributed by atoms with Crippen molar-refractivity contribution in [1.29, 1.82) is 0 Å². The van der Waals surface area contributed by atoms with Crippen LogP contribution in [0.15, 0.2) is 60.7 Å². The molecule has 0 fully saturated rings. The smallest absolute Gasteiger partial charge is 0.140 e. The number of benzene rings is 4. The summed E-state index contributed by atoms with van der Waals surface area (Å²) in [7, 11) is 9.76. The van der Waals surface area contributed by atoms with E-state index >= 15 is 0 Å². The summed E-state index contributed by atoms with van der Waals surface area (Å²) in [6, 6.07) is 19.3. The number of fused-ring (bicyclic) bond motifs is 2. The summed E-state index contributed by atoms with van der Waals surface area (Å²) in [5, 5.41) is 27.1. The number of methoxy groups -OCH3 is 2. The van der Waals surface area contributed by atoms with Gasteiger partial charge in [-0.05, 0) is 58.3 Å². The fraction of sp³-hybridized carbons (Fsp3) is 0.351. The number of hydrogen-bond donors (Lipinski definition) is 1. The largest absolute Gasteiger partial charge is 0.870 e. The third-order valence-electron chi connectivity index (χ3n) is 10.1. The van der Waals surface area contributed by atoms with Crippen LogP contribution < -0.4 is 34.1 Å². The monoisotopic (exact) mass is 608 g/mol. The molecule has 4 aromatic carbocycles. The van der Waals surface area contributed by atoms with Crippen LogP contribution in [0, 0.1) is 0 Å². The molecule has 4 bridgehead atoms. The highest BCUT2D eigenvalue weighted by Crippen LogP contribution is 2.50. The molecular weight excluding hydrogens is 568 g/mol. The second kappa shape index (κ2) is 11.2. The van der Waals surface area contributed by atoms with Gasteiger partial charge in [-0.1, -0.05) is 30.0 Å². The van der Waals surface area contributed by atoms with Gasteiger partial charge in [0, 0.05) is 31.7 Å². The molecule has 0 saturated heterocycles. The van der Waals surface area contributed by atoms with Crippen LogP contribution >= 0.6 is 0 Å². The predicted molar refractivity (Wildman–Crippen MR) is 167 cm³/mol. The minimum Gasteiger partial charge on any atom is -0.870 e. The zero-order valence-electron chi connectivity index (χ0n) is 26.6. The lowest BCUT2D eigenvalue weighted by Gasteiger charge is -2.44. The first-order valence-corrected chi connectivity index (χ1v) is 15.7. The van der Waals surface area contributed by atoms with Crippen LogP contribution in [0.5, 0.6) is 46.0 Å². The van der Waals surface area contributed by atoms with E-state index in [-0.39, 0.29) is 35.1 Å². The lowest BCUT2D eigenvalue weighted by atomic mass is 9.86. The molecule has 4 aromatic rings. The van der Waals surface area contributed by atoms with Crippen LogP contribution in [-0.2, 0) is 25.7 Å². The summed E-state index contributed by atoms with van der Waals surface area (Å²) < 4.78 is 25.0. The van der Waals surface area contributed by atoms with Gasteiger partial charge in [-0.2, -0.15) is 0 Å². The van der Waals surface area contributed by atoms with Crippen molar-refractivity contribution in [3.63, 3.8) is 0 Å². The molecular formula is C37H40N2O6. The molecule has 45 heavy (non-hydrogen) atoms. The lowest BCUT2D eigenvalue weighted by Crippen LogP contribution is -3.10. The van der Waals surface area contributed by atoms with E-state index in [1.54, 1.807) is 13.2 Å². The Hall–Kier alpha value is -4.40. The molecule has 4 aliphatic heterocycles. The van der Waals surface area contributed by atoms with Crippen LogP contribution in [0.3, 0.4) is 0 Å². The molecule has 3 atom stereocenters. The summed E-state index contributed by atoms with van der Waals surface area (Å²) in [6.07, 6.45) is 3.03. The molecule has 0 spiro atoms. The van der Waals surface area contributed by atoms with Gasteiger partial charge in [0.25, 0.3) is 0 Å². The number of nitrogens with zero attached hydrogens (tertiary/aromatic N) is 1. The zero-order valence-corrected chi connectivity index (χ0v) is 26.6. The average Bonchev–Trinajstić information content (AvgIpc) is 3.03. The molecule has 4 aliphatic rings. The highest BCUT2D eigenvalue weighted by atomic mass is 16.5. The Balaban J connectivity index is 1.44. The van der Waals surface area contributed by atoms with Crippen molar-refractivity contribution in [2.75, 3.05) is 48.5 Å². The summed E-state index contributed by atoms with van der Waals surface area (Å²) in [4.78, 5) is 1.37. The van der Waals surface area contributed by atoms with Gasteiger partial charge in [-0.25, -0.2) is 0 Å². The Labute approximate surface area is 264 Å². The van der Waals surface area contributed by atoms with Gasteiger partial charge in [0.15, 0.2) is 0 Å². The zero-order chi connectivity index (χ0) is 31.5. The number of quaternary nitrogens is 2. The summed E-state index contributed by atoms with van der Waals surface area (Å²) in [5.74, 6) is 2.45. The minimum absolute atomic E-state index is 0.103. The Morgan fingerprint density at radius 1 is 0.800 bits per heavy atom. The highest BCUT2D eigenvalue weighted by molar-refractivity contribution is 5.61. The van der Waals surface area contributed by atoms with Crippen molar-refractivity contribution in [3.8, 4) is 46.0 Å². The van der Waals surface area contributed by atoms with Gasteiger partial charge in [0.1, 0.15) is 46.6 Å². The standard InChI is InChI=1S/C37H40N2O6/c1-38-14-12-24-19-27(42-4)21-32-34(24)28(38)16-22-6-9-26(10-7-22)44-37-35-25(20-33(43-5)36(37)41)13-15-39(2,3)29(35)17-23-8-11-30(40)31(18-23)45-32/h6-11,18-21,28-29H,12-17H2,1-5H3,(H-,40,41). The van der Waals surface area contributed by atoms with E-state index in [2.05, 4.69) is 39.3 Å². The topological polar surface area (TPSA) is 87.5 Å². The van der Waals surface area contributed by atoms with E-state index in [9.17, 15) is 10.2 Å². The molecule has 8 heteroatoms. The normalized spacial score (nSPS) is 21.4. The molecule has 0 radical (unpaired) electrons. The molecule has 234 valence electrons. The molecule has 8 rings (SSSR count). The second-order valence-electron chi connectivity index (χ2n) is 13.2. The number of nitrogens with one attached hydrogen (secondary N) is 1. The van der Waals surface area contributed by atoms with Crippen LogP contribution in [0.4, 0.5) is 0 Å². The summed E-state index contributed by atoms with van der Waals surface area (Å²) in [6.45, 7) is 1.85. The quantitative estimate of drug-likeness (QED) is 0.346. The molecule has 0 aliphatic carbocycles. The fourth-order valence-electron chi connectivity index (χ4n) is 7.41. The first-order chi connectivity index (χ1) is 21.6. The van der Waals surface area contributed by atoms with Crippen molar-refractivity contribution >= 4 is 0 Å². The van der Waals surface area contributed by atoms with Crippen LogP contribution in [-0.4, -0.2) is 52.9 Å². The third-order valence-corrected chi connectivity index (χ3v) is 10.1. The van der Waals surface area contributed by atoms with Gasteiger partial charge in [0.2, 0.25) is 0 Å². The average molecular weight is 609 g/mol. The maximum Gasteiger partial charge on any atom is 0.140 e. The number of rotatable bonds is 2. The number of ether oxygens (including phenoxy) is 4. The van der Waals surface area contributed by atoms with Gasteiger partial charge in [0.05, 0.1) is 59.6 Å². The van der Waals surface area contributed by atoms with E-state index < -0.39 is 0 Å².